The number of fused-ring (bicyclic) bond motifs is 3. The molecular formula is C18H14F2N4O4. The average Bonchev–Trinajstić information content (AvgIpc) is 2.96. The number of rotatable bonds is 3. The van der Waals surface area contributed by atoms with E-state index >= 15 is 0 Å². The molecule has 4 rings (SSSR count). The molecule has 2 aromatic heterocycles. The van der Waals surface area contributed by atoms with Gasteiger partial charge in [-0.25, -0.2) is 22.8 Å². The second kappa shape index (κ2) is 6.48. The first-order valence-electron chi connectivity index (χ1n) is 8.34. The summed E-state index contributed by atoms with van der Waals surface area (Å²) in [6, 6.07) is 2.90. The number of hydrogen-bond acceptors (Lipinski definition) is 4. The van der Waals surface area contributed by atoms with E-state index in [1.807, 2.05) is 0 Å². The van der Waals surface area contributed by atoms with Crippen LogP contribution in [0, 0.1) is 11.6 Å². The van der Waals surface area contributed by atoms with Gasteiger partial charge in [0, 0.05) is 24.4 Å². The van der Waals surface area contributed by atoms with Crippen molar-refractivity contribution in [3.63, 3.8) is 0 Å². The molecule has 0 fully saturated rings. The van der Waals surface area contributed by atoms with Crippen LogP contribution < -0.4 is 16.3 Å². The highest BCUT2D eigenvalue weighted by Crippen LogP contribution is 2.14. The van der Waals surface area contributed by atoms with Crippen LogP contribution in [-0.2, 0) is 19.6 Å². The number of hydrogen-bond donors (Lipinski definition) is 2. The van der Waals surface area contributed by atoms with Crippen molar-refractivity contribution in [2.75, 3.05) is 0 Å². The Hall–Kier alpha value is -3.69. The molecular weight excluding hydrogens is 374 g/mol. The summed E-state index contributed by atoms with van der Waals surface area (Å²) in [6.45, 7) is 0.285. The van der Waals surface area contributed by atoms with Gasteiger partial charge in [-0.3, -0.25) is 14.4 Å². The zero-order valence-corrected chi connectivity index (χ0v) is 14.4. The lowest BCUT2D eigenvalue weighted by molar-refractivity contribution is 0.0948. The topological polar surface area (TPSA) is 97.7 Å². The Morgan fingerprint density at radius 2 is 1.93 bits per heavy atom. The molecule has 8 nitrogen and oxygen atoms in total. The zero-order valence-electron chi connectivity index (χ0n) is 14.4. The van der Waals surface area contributed by atoms with E-state index in [2.05, 4.69) is 5.32 Å². The van der Waals surface area contributed by atoms with Gasteiger partial charge in [-0.2, -0.15) is 0 Å². The van der Waals surface area contributed by atoms with E-state index in [1.165, 1.54) is 20.1 Å². The third kappa shape index (κ3) is 2.70. The van der Waals surface area contributed by atoms with Crippen LogP contribution in [-0.4, -0.2) is 25.0 Å². The number of nitrogens with zero attached hydrogens (tertiary/aromatic N) is 3. The van der Waals surface area contributed by atoms with E-state index in [-0.39, 0.29) is 24.2 Å². The number of aromatic nitrogens is 3. The highest BCUT2D eigenvalue weighted by Gasteiger charge is 2.23. The number of pyridine rings is 1. The Labute approximate surface area is 155 Å². The number of carbonyl (C=O) groups is 1. The molecule has 1 amide bonds. The molecule has 1 aliphatic heterocycles. The predicted molar refractivity (Wildman–Crippen MR) is 94.3 cm³/mol. The van der Waals surface area contributed by atoms with Gasteiger partial charge in [-0.15, -0.1) is 0 Å². The summed E-state index contributed by atoms with van der Waals surface area (Å²) in [5, 5.41) is 12.6. The number of amides is 1. The Morgan fingerprint density at radius 3 is 2.68 bits per heavy atom. The van der Waals surface area contributed by atoms with Crippen molar-refractivity contribution in [3.8, 4) is 5.75 Å². The van der Waals surface area contributed by atoms with Crippen LogP contribution in [0.5, 0.6) is 5.75 Å². The molecule has 3 aromatic rings. The van der Waals surface area contributed by atoms with E-state index < -0.39 is 39.8 Å². The maximum Gasteiger partial charge on any atom is 0.296 e. The monoisotopic (exact) mass is 388 g/mol. The maximum atomic E-state index is 13.7. The number of allylic oxidation sites excluding steroid dienone is 2. The molecule has 144 valence electrons. The minimum atomic E-state index is -1.01. The smallest absolute Gasteiger partial charge is 0.296 e. The summed E-state index contributed by atoms with van der Waals surface area (Å²) in [6.07, 6.45) is 4.72. The second-order valence-corrected chi connectivity index (χ2v) is 6.25. The Kier molecular flexibility index (Phi) is 4.10. The molecule has 0 atom stereocenters. The Morgan fingerprint density at radius 1 is 1.18 bits per heavy atom. The lowest BCUT2D eigenvalue weighted by Gasteiger charge is -2.13. The highest BCUT2D eigenvalue weighted by atomic mass is 19.1. The quantitative estimate of drug-likeness (QED) is 0.647. The third-order valence-electron chi connectivity index (χ3n) is 4.54. The van der Waals surface area contributed by atoms with Crippen molar-refractivity contribution in [1.82, 2.24) is 19.3 Å². The van der Waals surface area contributed by atoms with Gasteiger partial charge in [0.2, 0.25) is 5.43 Å². The Balaban J connectivity index is 1.72. The summed E-state index contributed by atoms with van der Waals surface area (Å²) in [7, 11) is 0. The van der Waals surface area contributed by atoms with Crippen molar-refractivity contribution >= 4 is 11.4 Å². The molecule has 0 spiro atoms. The summed E-state index contributed by atoms with van der Waals surface area (Å²) in [4.78, 5) is 38.7. The van der Waals surface area contributed by atoms with Crippen LogP contribution in [0.4, 0.5) is 8.78 Å². The minimum Gasteiger partial charge on any atom is -0.502 e. The predicted octanol–water partition coefficient (Wildman–Crippen LogP) is 0.746. The standard InChI is InChI=1S/C18H14F2N4O4/c19-11-4-3-10(13(20)7-11)8-21-17(27)12-9-23-14(16(26)15(12)25)18(28)22-5-1-2-6-24(22)23/h1-4,7,9,26H,5-6,8H2,(H,21,27). The number of carbonyl (C=O) groups excluding carboxylic acids is 1. The van der Waals surface area contributed by atoms with E-state index in [1.54, 1.807) is 12.2 Å². The largest absolute Gasteiger partial charge is 0.502 e. The number of nitrogens with one attached hydrogen (secondary N) is 1. The lowest BCUT2D eigenvalue weighted by atomic mass is 10.2. The first-order valence-corrected chi connectivity index (χ1v) is 8.34. The molecule has 3 heterocycles. The van der Waals surface area contributed by atoms with Crippen LogP contribution in [0.3, 0.4) is 0 Å². The van der Waals surface area contributed by atoms with Gasteiger partial charge < -0.3 is 10.4 Å². The van der Waals surface area contributed by atoms with E-state index in [0.717, 1.165) is 12.3 Å². The molecule has 0 saturated heterocycles. The maximum absolute atomic E-state index is 13.7. The number of benzene rings is 1. The molecule has 1 aliphatic rings. The van der Waals surface area contributed by atoms with Crippen molar-refractivity contribution in [3.05, 3.63) is 79.9 Å². The van der Waals surface area contributed by atoms with Gasteiger partial charge in [0.25, 0.3) is 11.5 Å². The first kappa shape index (κ1) is 17.7. The first-order chi connectivity index (χ1) is 13.4. The van der Waals surface area contributed by atoms with Crippen molar-refractivity contribution in [2.45, 2.75) is 19.6 Å². The van der Waals surface area contributed by atoms with Gasteiger partial charge in [0.15, 0.2) is 11.3 Å². The minimum absolute atomic E-state index is 0.0303. The second-order valence-electron chi connectivity index (χ2n) is 6.25. The van der Waals surface area contributed by atoms with Gasteiger partial charge in [0.05, 0.1) is 13.1 Å². The summed E-state index contributed by atoms with van der Waals surface area (Å²) in [5.74, 6) is -3.29. The average molecular weight is 388 g/mol. The summed E-state index contributed by atoms with van der Waals surface area (Å²) < 4.78 is 29.2. The van der Waals surface area contributed by atoms with Crippen molar-refractivity contribution < 1.29 is 18.7 Å². The number of aromatic hydroxyl groups is 1. The molecule has 1 aromatic carbocycles. The Bertz CT molecular complexity index is 1270. The van der Waals surface area contributed by atoms with Gasteiger partial charge in [-0.1, -0.05) is 18.2 Å². The molecule has 0 radical (unpaired) electrons. The molecule has 0 aliphatic carbocycles. The van der Waals surface area contributed by atoms with Crippen LogP contribution in [0.15, 0.2) is 46.1 Å². The van der Waals surface area contributed by atoms with E-state index in [4.69, 9.17) is 0 Å². The van der Waals surface area contributed by atoms with Crippen LogP contribution in [0.2, 0.25) is 0 Å². The van der Waals surface area contributed by atoms with Gasteiger partial charge in [-0.05, 0) is 6.07 Å². The molecule has 2 N–H and O–H groups in total. The van der Waals surface area contributed by atoms with Crippen LogP contribution in [0.25, 0.3) is 5.52 Å². The van der Waals surface area contributed by atoms with Gasteiger partial charge in [0.1, 0.15) is 17.2 Å². The van der Waals surface area contributed by atoms with Gasteiger partial charge >= 0.3 is 0 Å². The number of halogens is 2. The van der Waals surface area contributed by atoms with E-state index in [0.29, 0.717) is 12.6 Å². The van der Waals surface area contributed by atoms with Crippen molar-refractivity contribution in [1.29, 1.82) is 0 Å². The third-order valence-corrected chi connectivity index (χ3v) is 4.54. The SMILES string of the molecule is O=C(NCc1ccc(F)cc1F)c1cn2c(c(O)c1=O)c(=O)n1n2CC=CC1. The molecule has 28 heavy (non-hydrogen) atoms. The molecule has 0 saturated carbocycles. The van der Waals surface area contributed by atoms with Crippen LogP contribution >= 0.6 is 0 Å². The lowest BCUT2D eigenvalue weighted by Crippen LogP contribution is -2.29. The summed E-state index contributed by atoms with van der Waals surface area (Å²) >= 11 is 0. The fourth-order valence-electron chi connectivity index (χ4n) is 3.12. The van der Waals surface area contributed by atoms with Crippen LogP contribution in [0.1, 0.15) is 15.9 Å². The fourth-order valence-corrected chi connectivity index (χ4v) is 3.12. The summed E-state index contributed by atoms with van der Waals surface area (Å²) in [5.41, 5.74) is -2.17. The zero-order chi connectivity index (χ0) is 20.0. The molecule has 0 unspecified atom stereocenters. The van der Waals surface area contributed by atoms with E-state index in [9.17, 15) is 28.3 Å². The fraction of sp³-hybridized carbons (Fsp3) is 0.167. The highest BCUT2D eigenvalue weighted by molar-refractivity contribution is 5.94. The molecule has 10 heteroatoms. The normalized spacial score (nSPS) is 12.9. The molecule has 0 bridgehead atoms. The van der Waals surface area contributed by atoms with Crippen molar-refractivity contribution in [2.24, 2.45) is 0 Å².